The highest BCUT2D eigenvalue weighted by Crippen LogP contribution is 2.34. The highest BCUT2D eigenvalue weighted by Gasteiger charge is 2.30. The molecular formula is C32H21ClF3N3O3. The Morgan fingerprint density at radius 2 is 1.60 bits per heavy atom. The summed E-state index contributed by atoms with van der Waals surface area (Å²) in [6, 6.07) is 21.4. The van der Waals surface area contributed by atoms with Crippen LogP contribution in [0.2, 0.25) is 5.02 Å². The van der Waals surface area contributed by atoms with Crippen LogP contribution in [0.25, 0.3) is 22.0 Å². The van der Waals surface area contributed by atoms with Crippen molar-refractivity contribution in [2.45, 2.75) is 19.1 Å². The van der Waals surface area contributed by atoms with Crippen LogP contribution >= 0.6 is 11.6 Å². The summed E-state index contributed by atoms with van der Waals surface area (Å²) < 4.78 is 39.1. The van der Waals surface area contributed by atoms with E-state index in [1.54, 1.807) is 36.5 Å². The van der Waals surface area contributed by atoms with Crippen molar-refractivity contribution in [2.75, 3.05) is 0 Å². The van der Waals surface area contributed by atoms with Gasteiger partial charge in [-0.3, -0.25) is 4.79 Å². The molecule has 42 heavy (non-hydrogen) atoms. The second-order valence-corrected chi connectivity index (χ2v) is 10.1. The molecule has 0 spiro atoms. The van der Waals surface area contributed by atoms with Crippen LogP contribution in [0.3, 0.4) is 0 Å². The van der Waals surface area contributed by atoms with Gasteiger partial charge in [-0.25, -0.2) is 4.79 Å². The summed E-state index contributed by atoms with van der Waals surface area (Å²) in [6.07, 6.45) is -2.46. The van der Waals surface area contributed by atoms with Crippen LogP contribution in [0.5, 0.6) is 0 Å². The number of carboxylic acids is 1. The van der Waals surface area contributed by atoms with E-state index in [0.29, 0.717) is 54.9 Å². The molecule has 4 aromatic carbocycles. The number of aromatic nitrogens is 1. The van der Waals surface area contributed by atoms with E-state index < -0.39 is 23.6 Å². The number of aromatic carboxylic acids is 1. The first-order valence-electron chi connectivity index (χ1n) is 12.6. The molecule has 6 nitrogen and oxygen atoms in total. The topological polar surface area (TPSA) is 106 Å². The molecular weight excluding hydrogens is 567 g/mol. The number of fused-ring (bicyclic) bond motifs is 1. The van der Waals surface area contributed by atoms with Crippen molar-refractivity contribution in [3.8, 4) is 17.2 Å². The molecule has 0 aliphatic heterocycles. The molecule has 0 saturated heterocycles. The van der Waals surface area contributed by atoms with Gasteiger partial charge >= 0.3 is 12.1 Å². The SMILES string of the molecule is N#Cc1cc(Cl)cc(-c2cc(C(=O)NCc3ccc(C(=O)O)cc3)c3c(Cc4ccc(C(F)(F)F)cc4)c[nH]c3c2)c1. The largest absolute Gasteiger partial charge is 0.478 e. The van der Waals surface area contributed by atoms with E-state index in [0.717, 1.165) is 12.1 Å². The molecule has 0 saturated carbocycles. The van der Waals surface area contributed by atoms with Gasteiger partial charge in [0.05, 0.1) is 22.8 Å². The summed E-state index contributed by atoms with van der Waals surface area (Å²) in [6.45, 7) is 0.124. The minimum Gasteiger partial charge on any atom is -0.478 e. The number of rotatable bonds is 7. The molecule has 1 aromatic heterocycles. The lowest BCUT2D eigenvalue weighted by molar-refractivity contribution is -0.137. The van der Waals surface area contributed by atoms with Crippen molar-refractivity contribution in [1.29, 1.82) is 5.26 Å². The van der Waals surface area contributed by atoms with Crippen LogP contribution in [-0.4, -0.2) is 22.0 Å². The first kappa shape index (κ1) is 28.5. The Morgan fingerprint density at radius 3 is 2.24 bits per heavy atom. The van der Waals surface area contributed by atoms with Gasteiger partial charge in [0.1, 0.15) is 0 Å². The van der Waals surface area contributed by atoms with Gasteiger partial charge in [0, 0.05) is 34.2 Å². The Hall–Kier alpha value is -5.07. The van der Waals surface area contributed by atoms with Crippen LogP contribution in [-0.2, 0) is 19.1 Å². The standard InChI is InChI=1S/C32H21ClF3N3O3/c33-26-11-20(15-37)10-22(12-26)23-13-27(30(40)39-16-19-1-5-21(6-2-19)31(41)42)29-24(17-38-28(29)14-23)9-18-3-7-25(8-4-18)32(34,35)36/h1-8,10-14,17,38H,9,16H2,(H,39,40)(H,41,42). The number of benzene rings is 4. The smallest absolute Gasteiger partial charge is 0.416 e. The average molecular weight is 588 g/mol. The summed E-state index contributed by atoms with van der Waals surface area (Å²) in [5.74, 6) is -1.47. The molecule has 0 radical (unpaired) electrons. The molecule has 1 heterocycles. The molecule has 3 N–H and O–H groups in total. The third-order valence-electron chi connectivity index (χ3n) is 6.80. The Morgan fingerprint density at radius 1 is 0.929 bits per heavy atom. The number of hydrogen-bond donors (Lipinski definition) is 3. The molecule has 210 valence electrons. The summed E-state index contributed by atoms with van der Waals surface area (Å²) in [4.78, 5) is 27.9. The lowest BCUT2D eigenvalue weighted by atomic mass is 9.95. The predicted octanol–water partition coefficient (Wildman–Crippen LogP) is 7.60. The van der Waals surface area contributed by atoms with Gasteiger partial charge in [-0.05, 0) is 88.8 Å². The quantitative estimate of drug-likeness (QED) is 0.182. The number of nitrogens with one attached hydrogen (secondary N) is 2. The summed E-state index contributed by atoms with van der Waals surface area (Å²) in [7, 11) is 0. The Labute approximate surface area is 243 Å². The number of alkyl halides is 3. The lowest BCUT2D eigenvalue weighted by Gasteiger charge is -2.12. The van der Waals surface area contributed by atoms with Crippen molar-refractivity contribution in [3.63, 3.8) is 0 Å². The first-order valence-corrected chi connectivity index (χ1v) is 13.0. The molecule has 0 aliphatic carbocycles. The van der Waals surface area contributed by atoms with Gasteiger partial charge < -0.3 is 15.4 Å². The van der Waals surface area contributed by atoms with E-state index >= 15 is 0 Å². The normalized spacial score (nSPS) is 11.3. The Kier molecular flexibility index (Phi) is 7.74. The number of carboxylic acid groups (broad SMARTS) is 1. The molecule has 5 rings (SSSR count). The maximum atomic E-state index is 13.6. The van der Waals surface area contributed by atoms with Gasteiger partial charge in [-0.1, -0.05) is 35.9 Å². The predicted molar refractivity (Wildman–Crippen MR) is 152 cm³/mol. The summed E-state index contributed by atoms with van der Waals surface area (Å²) in [5, 5.41) is 22.4. The number of amides is 1. The average Bonchev–Trinajstić information content (AvgIpc) is 3.37. The maximum absolute atomic E-state index is 13.6. The third kappa shape index (κ3) is 6.14. The van der Waals surface area contributed by atoms with Gasteiger partial charge in [0.25, 0.3) is 5.91 Å². The Bertz CT molecular complexity index is 1860. The summed E-state index contributed by atoms with van der Waals surface area (Å²) in [5.41, 5.74) is 3.93. The van der Waals surface area contributed by atoms with Crippen LogP contribution in [0.15, 0.2) is 85.1 Å². The number of hydrogen-bond acceptors (Lipinski definition) is 3. The van der Waals surface area contributed by atoms with Crippen molar-refractivity contribution in [2.24, 2.45) is 0 Å². The van der Waals surface area contributed by atoms with E-state index in [9.17, 15) is 28.0 Å². The van der Waals surface area contributed by atoms with Crippen molar-refractivity contribution in [3.05, 3.63) is 129 Å². The highest BCUT2D eigenvalue weighted by atomic mass is 35.5. The van der Waals surface area contributed by atoms with Gasteiger partial charge in [-0.2, -0.15) is 18.4 Å². The first-order chi connectivity index (χ1) is 20.0. The molecule has 0 bridgehead atoms. The molecule has 0 fully saturated rings. The molecule has 1 amide bonds. The van der Waals surface area contributed by atoms with Gasteiger partial charge in [-0.15, -0.1) is 0 Å². The second kappa shape index (κ2) is 11.4. The zero-order chi connectivity index (χ0) is 30.0. The number of halogens is 4. The maximum Gasteiger partial charge on any atom is 0.416 e. The molecule has 0 unspecified atom stereocenters. The number of nitriles is 1. The Balaban J connectivity index is 1.53. The van der Waals surface area contributed by atoms with E-state index in [1.165, 1.54) is 30.3 Å². The molecule has 0 aliphatic rings. The number of nitrogens with zero attached hydrogens (tertiary/aromatic N) is 1. The monoisotopic (exact) mass is 587 g/mol. The van der Waals surface area contributed by atoms with Crippen LogP contribution < -0.4 is 5.32 Å². The zero-order valence-electron chi connectivity index (χ0n) is 21.7. The van der Waals surface area contributed by atoms with Gasteiger partial charge in [0.15, 0.2) is 0 Å². The number of H-pyrrole nitrogens is 1. The zero-order valence-corrected chi connectivity index (χ0v) is 22.5. The fourth-order valence-electron chi connectivity index (χ4n) is 4.72. The lowest BCUT2D eigenvalue weighted by Crippen LogP contribution is -2.23. The molecule has 5 aromatic rings. The fraction of sp³-hybridized carbons (Fsp3) is 0.0938. The van der Waals surface area contributed by atoms with Crippen LogP contribution in [0.1, 0.15) is 48.5 Å². The van der Waals surface area contributed by atoms with Crippen LogP contribution in [0.4, 0.5) is 13.2 Å². The van der Waals surface area contributed by atoms with Crippen LogP contribution in [0, 0.1) is 11.3 Å². The minimum absolute atomic E-state index is 0.123. The van der Waals surface area contributed by atoms with Crippen molar-refractivity contribution < 1.29 is 27.9 Å². The highest BCUT2D eigenvalue weighted by molar-refractivity contribution is 6.31. The minimum atomic E-state index is -4.44. The molecule has 0 atom stereocenters. The van der Waals surface area contributed by atoms with Crippen molar-refractivity contribution in [1.82, 2.24) is 10.3 Å². The third-order valence-corrected chi connectivity index (χ3v) is 7.01. The van der Waals surface area contributed by atoms with E-state index in [-0.39, 0.29) is 18.5 Å². The number of aromatic amines is 1. The van der Waals surface area contributed by atoms with Gasteiger partial charge in [0.2, 0.25) is 0 Å². The number of carbonyl (C=O) groups is 2. The van der Waals surface area contributed by atoms with E-state index in [2.05, 4.69) is 16.4 Å². The van der Waals surface area contributed by atoms with E-state index in [1.807, 2.05) is 6.07 Å². The van der Waals surface area contributed by atoms with E-state index in [4.69, 9.17) is 16.7 Å². The second-order valence-electron chi connectivity index (χ2n) is 9.66. The molecule has 10 heteroatoms. The fourth-order valence-corrected chi connectivity index (χ4v) is 4.95. The van der Waals surface area contributed by atoms with Crippen molar-refractivity contribution >= 4 is 34.4 Å². The number of carbonyl (C=O) groups excluding carboxylic acids is 1. The summed E-state index contributed by atoms with van der Waals surface area (Å²) >= 11 is 6.24.